The average molecular weight is 581 g/mol. The molecule has 1 unspecified atom stereocenters. The molecule has 7 nitrogen and oxygen atoms in total. The molecule has 0 amide bonds. The quantitative estimate of drug-likeness (QED) is 0.430. The lowest BCUT2D eigenvalue weighted by atomic mass is 9.43. The molecule has 4 aliphatic carbocycles. The van der Waals surface area contributed by atoms with Gasteiger partial charge in [-0.25, -0.2) is 4.39 Å². The van der Waals surface area contributed by atoms with Crippen molar-refractivity contribution in [2.45, 2.75) is 90.0 Å². The maximum Gasteiger partial charge on any atom is 0.310 e. The number of carbonyl (C=O) groups excluding carboxylic acids is 4. The zero-order valence-electron chi connectivity index (χ0n) is 24.9. The fourth-order valence-corrected chi connectivity index (χ4v) is 8.80. The molecule has 8 heteroatoms. The smallest absolute Gasteiger partial charge is 0.310 e. The van der Waals surface area contributed by atoms with Crippen LogP contribution in [0.15, 0.2) is 54.1 Å². The highest BCUT2D eigenvalue weighted by Crippen LogP contribution is 2.71. The fraction of sp³-hybridized carbons (Fsp3) is 0.588. The van der Waals surface area contributed by atoms with E-state index in [-0.39, 0.29) is 37.4 Å². The van der Waals surface area contributed by atoms with Crippen molar-refractivity contribution < 1.29 is 38.1 Å². The number of allylic oxidation sites excluding steroid dienone is 4. The first-order valence-corrected chi connectivity index (χ1v) is 15.1. The van der Waals surface area contributed by atoms with Gasteiger partial charge in [0, 0.05) is 23.2 Å². The van der Waals surface area contributed by atoms with Gasteiger partial charge in [0.05, 0.1) is 12.5 Å². The maximum absolute atomic E-state index is 17.6. The largest absolute Gasteiger partial charge is 0.457 e. The summed E-state index contributed by atoms with van der Waals surface area (Å²) in [4.78, 5) is 51.9. The van der Waals surface area contributed by atoms with Gasteiger partial charge in [0.15, 0.2) is 23.7 Å². The Morgan fingerprint density at radius 3 is 2.50 bits per heavy atom. The van der Waals surface area contributed by atoms with Gasteiger partial charge in [-0.15, -0.1) is 0 Å². The van der Waals surface area contributed by atoms with E-state index in [0.717, 1.165) is 5.56 Å². The summed E-state index contributed by atoms with van der Waals surface area (Å²) in [6.45, 7) is 6.78. The summed E-state index contributed by atoms with van der Waals surface area (Å²) < 4.78 is 29.1. The SMILES string of the molecule is CCCC(=O)O[C@]1(C(=O)COC(=O)Cc2ccccc2)CC[C@H]2[C@@H]3C[C@H](C)C4=CC(=O)C=C[C@]4(C)[C@@]3(F)C(O)C[C@@]21C. The molecule has 0 bridgehead atoms. The first-order valence-electron chi connectivity index (χ1n) is 15.1. The van der Waals surface area contributed by atoms with Crippen LogP contribution in [0.2, 0.25) is 0 Å². The van der Waals surface area contributed by atoms with Crippen LogP contribution in [0.1, 0.15) is 71.8 Å². The minimum absolute atomic E-state index is 0.00978. The van der Waals surface area contributed by atoms with Crippen LogP contribution >= 0.6 is 0 Å². The van der Waals surface area contributed by atoms with Crippen molar-refractivity contribution in [3.8, 4) is 0 Å². The van der Waals surface area contributed by atoms with Gasteiger partial charge in [-0.2, -0.15) is 0 Å². The summed E-state index contributed by atoms with van der Waals surface area (Å²) in [7, 11) is 0. The Morgan fingerprint density at radius 2 is 1.81 bits per heavy atom. The number of halogens is 1. The highest BCUT2D eigenvalue weighted by molar-refractivity contribution is 6.01. The van der Waals surface area contributed by atoms with E-state index in [2.05, 4.69) is 0 Å². The molecule has 4 aliphatic rings. The second-order valence-electron chi connectivity index (χ2n) is 13.1. The minimum atomic E-state index is -2.08. The van der Waals surface area contributed by atoms with Gasteiger partial charge >= 0.3 is 11.9 Å². The normalized spacial score (nSPS) is 38.5. The zero-order chi connectivity index (χ0) is 30.5. The number of aliphatic hydroxyl groups excluding tert-OH is 1. The number of Topliss-reactive ketones (excluding diaryl/α,β-unsaturated/α-hetero) is 1. The van der Waals surface area contributed by atoms with Crippen LogP contribution in [-0.2, 0) is 35.1 Å². The van der Waals surface area contributed by atoms with E-state index in [0.29, 0.717) is 24.8 Å². The minimum Gasteiger partial charge on any atom is -0.457 e. The third kappa shape index (κ3) is 4.48. The lowest BCUT2D eigenvalue weighted by Gasteiger charge is -2.63. The van der Waals surface area contributed by atoms with E-state index >= 15 is 4.39 Å². The third-order valence-corrected chi connectivity index (χ3v) is 10.8. The Kier molecular flexibility index (Phi) is 7.84. The lowest BCUT2D eigenvalue weighted by Crippen LogP contribution is -2.70. The Hall–Kier alpha value is -3.13. The number of rotatable bonds is 8. The van der Waals surface area contributed by atoms with E-state index < -0.39 is 64.4 Å². The summed E-state index contributed by atoms with van der Waals surface area (Å²) in [6, 6.07) is 9.03. The number of alkyl halides is 1. The molecule has 42 heavy (non-hydrogen) atoms. The fourth-order valence-electron chi connectivity index (χ4n) is 8.80. The molecule has 0 aromatic heterocycles. The van der Waals surface area contributed by atoms with E-state index in [1.165, 1.54) is 12.2 Å². The Bertz CT molecular complexity index is 1340. The van der Waals surface area contributed by atoms with Crippen LogP contribution in [-0.4, -0.2) is 52.6 Å². The average Bonchev–Trinajstić information content (AvgIpc) is 3.23. The standard InChI is InChI=1S/C34H41FO7/c1-5-9-29(39)42-33(28(38)20-41-30(40)17-22-10-7-6-8-11-22)15-13-24-26-16-21(2)25-18-23(36)12-14-31(25,3)34(26,35)27(37)19-32(24,33)4/h6-8,10-12,14,18,21,24,26-27,37H,5,9,13,15-17,19-20H2,1-4H3/t21-,24-,26-,27?,31-,32-,33-,34-/m0/s1. The van der Waals surface area contributed by atoms with Gasteiger partial charge in [-0.1, -0.05) is 62.8 Å². The van der Waals surface area contributed by atoms with Crippen molar-refractivity contribution in [1.29, 1.82) is 0 Å². The van der Waals surface area contributed by atoms with Gasteiger partial charge < -0.3 is 14.6 Å². The van der Waals surface area contributed by atoms with Crippen molar-refractivity contribution in [3.05, 3.63) is 59.7 Å². The van der Waals surface area contributed by atoms with Gasteiger partial charge in [0.25, 0.3) is 0 Å². The molecule has 0 heterocycles. The van der Waals surface area contributed by atoms with E-state index in [1.54, 1.807) is 37.3 Å². The number of carbonyl (C=O) groups is 4. The molecular weight excluding hydrogens is 539 g/mol. The molecule has 0 spiro atoms. The summed E-state index contributed by atoms with van der Waals surface area (Å²) in [5.74, 6) is -3.03. The van der Waals surface area contributed by atoms with Crippen LogP contribution in [0.25, 0.3) is 0 Å². The molecule has 0 aliphatic heterocycles. The van der Waals surface area contributed by atoms with Crippen LogP contribution in [0.5, 0.6) is 0 Å². The Morgan fingerprint density at radius 1 is 1.10 bits per heavy atom. The molecule has 5 rings (SSSR count). The highest BCUT2D eigenvalue weighted by atomic mass is 19.1. The van der Waals surface area contributed by atoms with Gasteiger partial charge in [0.2, 0.25) is 5.78 Å². The second-order valence-corrected chi connectivity index (χ2v) is 13.1. The first kappa shape index (κ1) is 30.3. The van der Waals surface area contributed by atoms with Crippen molar-refractivity contribution in [3.63, 3.8) is 0 Å². The van der Waals surface area contributed by atoms with Crippen molar-refractivity contribution in [2.75, 3.05) is 6.61 Å². The number of hydrogen-bond acceptors (Lipinski definition) is 7. The number of hydrogen-bond donors (Lipinski definition) is 1. The third-order valence-electron chi connectivity index (χ3n) is 10.8. The van der Waals surface area contributed by atoms with Crippen molar-refractivity contribution in [1.82, 2.24) is 0 Å². The molecule has 8 atom stereocenters. The lowest BCUT2D eigenvalue weighted by molar-refractivity contribution is -0.228. The molecule has 3 saturated carbocycles. The molecule has 1 N–H and O–H groups in total. The number of ketones is 2. The number of benzene rings is 1. The Labute approximate surface area is 246 Å². The van der Waals surface area contributed by atoms with Crippen LogP contribution in [0, 0.1) is 28.6 Å². The van der Waals surface area contributed by atoms with Crippen molar-refractivity contribution in [2.24, 2.45) is 28.6 Å². The number of ether oxygens (including phenoxy) is 2. The molecule has 226 valence electrons. The predicted molar refractivity (Wildman–Crippen MR) is 153 cm³/mol. The molecule has 3 fully saturated rings. The molecule has 1 aromatic rings. The van der Waals surface area contributed by atoms with Crippen LogP contribution in [0.4, 0.5) is 4.39 Å². The predicted octanol–water partition coefficient (Wildman–Crippen LogP) is 5.04. The first-order chi connectivity index (χ1) is 19.8. The van der Waals surface area contributed by atoms with Gasteiger partial charge in [-0.3, -0.25) is 19.2 Å². The van der Waals surface area contributed by atoms with Crippen LogP contribution < -0.4 is 0 Å². The molecule has 0 saturated heterocycles. The van der Waals surface area contributed by atoms with E-state index in [4.69, 9.17) is 9.47 Å². The Balaban J connectivity index is 1.47. The van der Waals surface area contributed by atoms with E-state index in [9.17, 15) is 24.3 Å². The summed E-state index contributed by atoms with van der Waals surface area (Å²) in [6.07, 6.45) is 4.42. The molecule has 1 aromatic carbocycles. The molecule has 0 radical (unpaired) electrons. The number of fused-ring (bicyclic) bond motifs is 5. The zero-order valence-corrected chi connectivity index (χ0v) is 24.9. The summed E-state index contributed by atoms with van der Waals surface area (Å²) >= 11 is 0. The second kappa shape index (κ2) is 10.9. The highest BCUT2D eigenvalue weighted by Gasteiger charge is 2.76. The van der Waals surface area contributed by atoms with Crippen LogP contribution in [0.3, 0.4) is 0 Å². The van der Waals surface area contributed by atoms with Gasteiger partial charge in [0.1, 0.15) is 0 Å². The number of aliphatic hydroxyl groups is 1. The monoisotopic (exact) mass is 580 g/mol. The summed E-state index contributed by atoms with van der Waals surface area (Å²) in [5.41, 5.74) is -4.61. The van der Waals surface area contributed by atoms with Gasteiger partial charge in [-0.05, 0) is 68.6 Å². The topological polar surface area (TPSA) is 107 Å². The number of esters is 2. The van der Waals surface area contributed by atoms with Crippen molar-refractivity contribution >= 4 is 23.5 Å². The molecular formula is C34H41FO7. The van der Waals surface area contributed by atoms with E-state index in [1.807, 2.05) is 26.8 Å². The summed E-state index contributed by atoms with van der Waals surface area (Å²) in [5, 5.41) is 11.7. The maximum atomic E-state index is 17.6.